The lowest BCUT2D eigenvalue weighted by molar-refractivity contribution is -0.0122. The average molecular weight is 308 g/mol. The van der Waals surface area contributed by atoms with Crippen LogP contribution < -0.4 is 0 Å². The molecule has 122 valence electrons. The van der Waals surface area contributed by atoms with Gasteiger partial charge in [0.2, 0.25) is 12.2 Å². The Morgan fingerprint density at radius 2 is 1.18 bits per heavy atom. The molecule has 0 heterocycles. The molecule has 2 rings (SSSR count). The number of methoxy groups -OCH3 is 2. The zero-order chi connectivity index (χ0) is 15.9. The van der Waals surface area contributed by atoms with Gasteiger partial charge in [0.15, 0.2) is 0 Å². The molecular weight excluding hydrogens is 284 g/mol. The van der Waals surface area contributed by atoms with Gasteiger partial charge in [-0.25, -0.2) is 9.59 Å². The molecule has 0 radical (unpaired) electrons. The standard InChI is InChI=1S/C16H24N2O4/c1-21-15-7-11(3-5-13(15)17-9-19)12-4-6-14(18-10-20)16(8-12)22-2/h11-16H,3-8H2,1-2H3. The summed E-state index contributed by atoms with van der Waals surface area (Å²) in [6.07, 6.45) is 8.93. The lowest BCUT2D eigenvalue weighted by atomic mass is 9.70. The molecule has 6 atom stereocenters. The highest BCUT2D eigenvalue weighted by molar-refractivity contribution is 5.34. The molecule has 2 aliphatic carbocycles. The molecule has 0 amide bonds. The van der Waals surface area contributed by atoms with E-state index < -0.39 is 0 Å². The molecule has 0 aliphatic heterocycles. The average Bonchev–Trinajstić information content (AvgIpc) is 2.56. The molecule has 6 unspecified atom stereocenters. The fourth-order valence-electron chi connectivity index (χ4n) is 4.08. The quantitative estimate of drug-likeness (QED) is 0.575. The molecule has 0 N–H and O–H groups in total. The minimum absolute atomic E-state index is 0.00749. The third-order valence-corrected chi connectivity index (χ3v) is 5.30. The van der Waals surface area contributed by atoms with Crippen LogP contribution in [-0.4, -0.2) is 50.7 Å². The van der Waals surface area contributed by atoms with E-state index in [2.05, 4.69) is 9.98 Å². The summed E-state index contributed by atoms with van der Waals surface area (Å²) in [4.78, 5) is 28.7. The summed E-state index contributed by atoms with van der Waals surface area (Å²) in [7, 11) is 3.35. The highest BCUT2D eigenvalue weighted by atomic mass is 16.5. The van der Waals surface area contributed by atoms with Crippen LogP contribution in [0.25, 0.3) is 0 Å². The van der Waals surface area contributed by atoms with E-state index in [1.54, 1.807) is 26.4 Å². The molecule has 2 fully saturated rings. The Bertz CT molecular complexity index is 415. The number of isocyanates is 2. The van der Waals surface area contributed by atoms with E-state index in [0.717, 1.165) is 38.5 Å². The fraction of sp³-hybridized carbons (Fsp3) is 0.875. The zero-order valence-corrected chi connectivity index (χ0v) is 13.2. The van der Waals surface area contributed by atoms with Gasteiger partial charge in [0.25, 0.3) is 0 Å². The van der Waals surface area contributed by atoms with Crippen LogP contribution in [0.2, 0.25) is 0 Å². The molecule has 6 nitrogen and oxygen atoms in total. The summed E-state index contributed by atoms with van der Waals surface area (Å²) in [6.45, 7) is 0. The van der Waals surface area contributed by atoms with Crippen molar-refractivity contribution in [3.8, 4) is 0 Å². The lowest BCUT2D eigenvalue weighted by Crippen LogP contribution is -2.41. The molecule has 0 saturated heterocycles. The zero-order valence-electron chi connectivity index (χ0n) is 13.2. The summed E-state index contributed by atoms with van der Waals surface area (Å²) < 4.78 is 11.0. The predicted octanol–water partition coefficient (Wildman–Crippen LogP) is 2.03. The van der Waals surface area contributed by atoms with E-state index in [4.69, 9.17) is 9.47 Å². The molecule has 0 aromatic heterocycles. The Labute approximate surface area is 131 Å². The van der Waals surface area contributed by atoms with E-state index in [9.17, 15) is 9.59 Å². The third kappa shape index (κ3) is 3.90. The van der Waals surface area contributed by atoms with E-state index in [1.165, 1.54) is 0 Å². The predicted molar refractivity (Wildman–Crippen MR) is 80.1 cm³/mol. The van der Waals surface area contributed by atoms with Crippen molar-refractivity contribution in [2.75, 3.05) is 14.2 Å². The van der Waals surface area contributed by atoms with Crippen molar-refractivity contribution in [1.29, 1.82) is 0 Å². The number of rotatable bonds is 5. The number of aliphatic imine (C=N–C) groups is 2. The number of hydrogen-bond acceptors (Lipinski definition) is 6. The molecule has 2 saturated carbocycles. The molecule has 0 bridgehead atoms. The minimum Gasteiger partial charge on any atom is -0.379 e. The SMILES string of the molecule is COC1CC(C2CCC(N=C=O)C(OC)C2)CCC1N=C=O. The summed E-state index contributed by atoms with van der Waals surface area (Å²) >= 11 is 0. The molecular formula is C16H24N2O4. The number of carbonyl (C=O) groups excluding carboxylic acids is 2. The first kappa shape index (κ1) is 17.0. The minimum atomic E-state index is -0.0621. The first-order valence-electron chi connectivity index (χ1n) is 7.93. The van der Waals surface area contributed by atoms with Gasteiger partial charge in [-0.3, -0.25) is 0 Å². The topological polar surface area (TPSA) is 77.3 Å². The monoisotopic (exact) mass is 308 g/mol. The van der Waals surface area contributed by atoms with Gasteiger partial charge >= 0.3 is 0 Å². The van der Waals surface area contributed by atoms with Crippen molar-refractivity contribution in [3.05, 3.63) is 0 Å². The van der Waals surface area contributed by atoms with E-state index in [0.29, 0.717) is 11.8 Å². The number of ether oxygens (including phenoxy) is 2. The van der Waals surface area contributed by atoms with Crippen molar-refractivity contribution in [3.63, 3.8) is 0 Å². The summed E-state index contributed by atoms with van der Waals surface area (Å²) in [5.41, 5.74) is 0. The number of nitrogens with zero attached hydrogens (tertiary/aromatic N) is 2. The van der Waals surface area contributed by atoms with Crippen LogP contribution in [0.3, 0.4) is 0 Å². The highest BCUT2D eigenvalue weighted by Gasteiger charge is 2.39. The normalized spacial score (nSPS) is 38.6. The van der Waals surface area contributed by atoms with E-state index in [-0.39, 0.29) is 24.3 Å². The largest absolute Gasteiger partial charge is 0.379 e. The van der Waals surface area contributed by atoms with Gasteiger partial charge in [0.05, 0.1) is 24.3 Å². The maximum absolute atomic E-state index is 10.5. The summed E-state index contributed by atoms with van der Waals surface area (Å²) in [5, 5.41) is 0. The Balaban J connectivity index is 1.98. The van der Waals surface area contributed by atoms with Crippen molar-refractivity contribution in [2.45, 2.75) is 62.8 Å². The van der Waals surface area contributed by atoms with Gasteiger partial charge in [0, 0.05) is 14.2 Å². The van der Waals surface area contributed by atoms with Crippen LogP contribution in [0.5, 0.6) is 0 Å². The van der Waals surface area contributed by atoms with Crippen LogP contribution in [0.1, 0.15) is 38.5 Å². The van der Waals surface area contributed by atoms with Gasteiger partial charge < -0.3 is 9.47 Å². The molecule has 6 heteroatoms. The molecule has 0 spiro atoms. The number of hydrogen-bond donors (Lipinski definition) is 0. The van der Waals surface area contributed by atoms with Gasteiger partial charge in [-0.1, -0.05) is 0 Å². The van der Waals surface area contributed by atoms with Gasteiger partial charge in [-0.15, -0.1) is 0 Å². The Morgan fingerprint density at radius 3 is 1.50 bits per heavy atom. The van der Waals surface area contributed by atoms with Crippen molar-refractivity contribution in [1.82, 2.24) is 0 Å². The fourth-order valence-corrected chi connectivity index (χ4v) is 4.08. The Kier molecular flexibility index (Phi) is 6.47. The van der Waals surface area contributed by atoms with Crippen LogP contribution in [0, 0.1) is 11.8 Å². The third-order valence-electron chi connectivity index (χ3n) is 5.30. The highest BCUT2D eigenvalue weighted by Crippen LogP contribution is 2.41. The maximum Gasteiger partial charge on any atom is 0.235 e. The summed E-state index contributed by atoms with van der Waals surface area (Å²) in [5.74, 6) is 1.09. The summed E-state index contributed by atoms with van der Waals surface area (Å²) in [6, 6.07) is -0.124. The first-order chi connectivity index (χ1) is 10.7. The molecule has 22 heavy (non-hydrogen) atoms. The van der Waals surface area contributed by atoms with Crippen LogP contribution in [-0.2, 0) is 19.1 Å². The van der Waals surface area contributed by atoms with Gasteiger partial charge in [0.1, 0.15) is 0 Å². The molecule has 0 aromatic carbocycles. The van der Waals surface area contributed by atoms with Crippen molar-refractivity contribution >= 4 is 12.2 Å². The van der Waals surface area contributed by atoms with Crippen molar-refractivity contribution < 1.29 is 19.1 Å². The lowest BCUT2D eigenvalue weighted by Gasteiger charge is -2.41. The van der Waals surface area contributed by atoms with Gasteiger partial charge in [-0.2, -0.15) is 9.98 Å². The van der Waals surface area contributed by atoms with Gasteiger partial charge in [-0.05, 0) is 50.4 Å². The second kappa shape index (κ2) is 8.35. The van der Waals surface area contributed by atoms with E-state index >= 15 is 0 Å². The molecule has 2 aliphatic rings. The van der Waals surface area contributed by atoms with Crippen LogP contribution in [0.15, 0.2) is 9.98 Å². The second-order valence-electron chi connectivity index (χ2n) is 6.27. The smallest absolute Gasteiger partial charge is 0.235 e. The Morgan fingerprint density at radius 1 is 0.773 bits per heavy atom. The second-order valence-corrected chi connectivity index (χ2v) is 6.27. The molecule has 0 aromatic rings. The Hall–Kier alpha value is -1.32. The maximum atomic E-state index is 10.5. The first-order valence-corrected chi connectivity index (χ1v) is 7.93. The van der Waals surface area contributed by atoms with Crippen LogP contribution >= 0.6 is 0 Å². The van der Waals surface area contributed by atoms with Crippen LogP contribution in [0.4, 0.5) is 0 Å². The van der Waals surface area contributed by atoms with E-state index in [1.807, 2.05) is 0 Å². The van der Waals surface area contributed by atoms with Crippen molar-refractivity contribution in [2.24, 2.45) is 21.8 Å².